The number of nitrogens with zero attached hydrogens (tertiary/aromatic N) is 5. The lowest BCUT2D eigenvalue weighted by atomic mass is 9.98. The number of carbonyl (C=O) groups excluding carboxylic acids is 1. The Balaban J connectivity index is 0.942. The SMILES string of the molecule is C/C(=C(/C#N)C(=O)NCCOCCOCCOCc1cn(C[C@H]2OCC[C@@H](O)[C@@H]2O)nn1)c1ccc2cc(N3CCCCC3)ccc2c1. The number of allylic oxidation sites excluding steroid dienone is 1. The van der Waals surface area contributed by atoms with E-state index in [1.807, 2.05) is 12.1 Å². The number of hydrogen-bond acceptors (Lipinski definition) is 11. The smallest absolute Gasteiger partial charge is 0.262 e. The Hall–Kier alpha value is -3.90. The number of carbonyl (C=O) groups is 1. The number of aromatic nitrogens is 3. The molecule has 0 unspecified atom stereocenters. The predicted molar refractivity (Wildman–Crippen MR) is 179 cm³/mol. The van der Waals surface area contributed by atoms with Crippen molar-refractivity contribution in [1.82, 2.24) is 20.3 Å². The number of hydrogen-bond donors (Lipinski definition) is 3. The minimum atomic E-state index is -0.953. The van der Waals surface area contributed by atoms with E-state index in [1.165, 1.54) is 24.9 Å². The third-order valence-corrected chi connectivity index (χ3v) is 8.69. The highest BCUT2D eigenvalue weighted by atomic mass is 16.5. The lowest BCUT2D eigenvalue weighted by Crippen LogP contribution is -2.46. The number of amides is 1. The van der Waals surface area contributed by atoms with Gasteiger partial charge < -0.3 is 39.4 Å². The summed E-state index contributed by atoms with van der Waals surface area (Å²) >= 11 is 0. The number of rotatable bonds is 16. The van der Waals surface area contributed by atoms with Gasteiger partial charge in [0.2, 0.25) is 0 Å². The summed E-state index contributed by atoms with van der Waals surface area (Å²) < 4.78 is 23.8. The first-order valence-electron chi connectivity index (χ1n) is 16.7. The highest BCUT2D eigenvalue weighted by Crippen LogP contribution is 2.28. The van der Waals surface area contributed by atoms with Gasteiger partial charge in [0.05, 0.1) is 58.5 Å². The lowest BCUT2D eigenvalue weighted by Gasteiger charge is -2.31. The molecule has 13 nitrogen and oxygen atoms in total. The Morgan fingerprint density at radius 1 is 1.02 bits per heavy atom. The van der Waals surface area contributed by atoms with Crippen LogP contribution in [0.3, 0.4) is 0 Å². The number of benzene rings is 2. The van der Waals surface area contributed by atoms with Crippen molar-refractivity contribution < 1.29 is 34.0 Å². The number of nitriles is 1. The molecule has 2 fully saturated rings. The number of piperidine rings is 1. The molecular formula is C35H46N6O7. The van der Waals surface area contributed by atoms with Crippen LogP contribution in [-0.2, 0) is 36.9 Å². The molecule has 2 aromatic carbocycles. The third-order valence-electron chi connectivity index (χ3n) is 8.69. The molecule has 3 N–H and O–H groups in total. The van der Waals surface area contributed by atoms with E-state index in [2.05, 4.69) is 50.9 Å². The van der Waals surface area contributed by atoms with Crippen LogP contribution in [0.1, 0.15) is 43.9 Å². The van der Waals surface area contributed by atoms with Crippen molar-refractivity contribution in [3.05, 3.63) is 59.4 Å². The van der Waals surface area contributed by atoms with E-state index in [4.69, 9.17) is 18.9 Å². The molecule has 0 spiro atoms. The Labute approximate surface area is 281 Å². The minimum Gasteiger partial charge on any atom is -0.390 e. The van der Waals surface area contributed by atoms with Crippen molar-refractivity contribution >= 4 is 27.9 Å². The van der Waals surface area contributed by atoms with E-state index >= 15 is 0 Å². The van der Waals surface area contributed by atoms with Gasteiger partial charge in [0.25, 0.3) is 5.91 Å². The first-order valence-corrected chi connectivity index (χ1v) is 16.7. The van der Waals surface area contributed by atoms with E-state index in [0.717, 1.165) is 29.4 Å². The maximum absolute atomic E-state index is 12.8. The second-order valence-electron chi connectivity index (χ2n) is 12.1. The van der Waals surface area contributed by atoms with E-state index in [1.54, 1.807) is 17.8 Å². The van der Waals surface area contributed by atoms with Gasteiger partial charge in [-0.25, -0.2) is 4.68 Å². The largest absolute Gasteiger partial charge is 0.390 e. The summed E-state index contributed by atoms with van der Waals surface area (Å²) in [5.74, 6) is -0.425. The number of aliphatic hydroxyl groups is 2. The molecule has 3 aromatic rings. The van der Waals surface area contributed by atoms with Crippen molar-refractivity contribution in [2.45, 2.75) is 64.1 Å². The first kappa shape index (κ1) is 35.4. The summed E-state index contributed by atoms with van der Waals surface area (Å²) in [7, 11) is 0. The molecule has 13 heteroatoms. The molecule has 1 aromatic heterocycles. The van der Waals surface area contributed by atoms with Crippen LogP contribution in [0.25, 0.3) is 16.3 Å². The van der Waals surface area contributed by atoms with Gasteiger partial charge >= 0.3 is 0 Å². The van der Waals surface area contributed by atoms with Crippen molar-refractivity contribution in [1.29, 1.82) is 5.26 Å². The van der Waals surface area contributed by atoms with Gasteiger partial charge in [-0.15, -0.1) is 5.10 Å². The minimum absolute atomic E-state index is 0.0852. The zero-order valence-corrected chi connectivity index (χ0v) is 27.6. The van der Waals surface area contributed by atoms with Crippen molar-refractivity contribution in [2.75, 3.05) is 64.2 Å². The average Bonchev–Trinajstić information content (AvgIpc) is 3.56. The van der Waals surface area contributed by atoms with Crippen molar-refractivity contribution in [3.63, 3.8) is 0 Å². The fraction of sp³-hybridized carbons (Fsp3) is 0.543. The summed E-state index contributed by atoms with van der Waals surface area (Å²) in [4.78, 5) is 15.2. The maximum atomic E-state index is 12.8. The second kappa shape index (κ2) is 18.0. The molecule has 2 saturated heterocycles. The van der Waals surface area contributed by atoms with Gasteiger partial charge in [0, 0.05) is 31.9 Å². The zero-order chi connectivity index (χ0) is 33.7. The molecule has 3 heterocycles. The van der Waals surface area contributed by atoms with Crippen LogP contribution >= 0.6 is 0 Å². The predicted octanol–water partition coefficient (Wildman–Crippen LogP) is 2.60. The Kier molecular flexibility index (Phi) is 13.3. The van der Waals surface area contributed by atoms with Crippen LogP contribution < -0.4 is 10.2 Å². The number of aliphatic hydroxyl groups excluding tert-OH is 2. The molecule has 2 aliphatic heterocycles. The quantitative estimate of drug-likeness (QED) is 0.117. The molecule has 3 atom stereocenters. The Bertz CT molecular complexity index is 1560. The fourth-order valence-electron chi connectivity index (χ4n) is 5.90. The summed E-state index contributed by atoms with van der Waals surface area (Å²) in [5.41, 5.74) is 3.43. The van der Waals surface area contributed by atoms with Crippen LogP contribution in [0.4, 0.5) is 5.69 Å². The van der Waals surface area contributed by atoms with E-state index in [9.17, 15) is 20.3 Å². The van der Waals surface area contributed by atoms with Crippen molar-refractivity contribution in [3.8, 4) is 6.07 Å². The zero-order valence-electron chi connectivity index (χ0n) is 27.6. The fourth-order valence-corrected chi connectivity index (χ4v) is 5.90. The van der Waals surface area contributed by atoms with Crippen LogP contribution in [0.2, 0.25) is 0 Å². The first-order chi connectivity index (χ1) is 23.4. The molecule has 258 valence electrons. The number of ether oxygens (including phenoxy) is 4. The molecule has 0 aliphatic carbocycles. The molecule has 0 radical (unpaired) electrons. The topological polar surface area (TPSA) is 164 Å². The maximum Gasteiger partial charge on any atom is 0.262 e. The molecule has 0 saturated carbocycles. The summed E-state index contributed by atoms with van der Waals surface area (Å²) in [6.45, 7) is 6.94. The number of anilines is 1. The van der Waals surface area contributed by atoms with Crippen molar-refractivity contribution in [2.24, 2.45) is 0 Å². The number of nitrogens with one attached hydrogen (secondary N) is 1. The number of fused-ring (bicyclic) bond motifs is 1. The Morgan fingerprint density at radius 2 is 1.75 bits per heavy atom. The van der Waals surface area contributed by atoms with E-state index in [0.29, 0.717) is 57.3 Å². The second-order valence-corrected chi connectivity index (χ2v) is 12.1. The monoisotopic (exact) mass is 662 g/mol. The lowest BCUT2D eigenvalue weighted by molar-refractivity contribution is -0.140. The highest BCUT2D eigenvalue weighted by Gasteiger charge is 2.32. The molecular weight excluding hydrogens is 616 g/mol. The summed E-state index contributed by atoms with van der Waals surface area (Å²) in [6, 6.07) is 14.6. The van der Waals surface area contributed by atoms with Gasteiger partial charge in [0.15, 0.2) is 0 Å². The van der Waals surface area contributed by atoms with Gasteiger partial charge in [-0.1, -0.05) is 23.4 Å². The van der Waals surface area contributed by atoms with Gasteiger partial charge in [-0.2, -0.15) is 5.26 Å². The van der Waals surface area contributed by atoms with Gasteiger partial charge in [-0.3, -0.25) is 4.79 Å². The molecule has 0 bridgehead atoms. The van der Waals surface area contributed by atoms with Crippen LogP contribution in [-0.4, -0.2) is 109 Å². The normalized spacial score (nSPS) is 20.4. The van der Waals surface area contributed by atoms with Crippen LogP contribution in [0, 0.1) is 11.3 Å². The molecule has 5 rings (SSSR count). The average molecular weight is 663 g/mol. The third kappa shape index (κ3) is 9.82. The summed E-state index contributed by atoms with van der Waals surface area (Å²) in [6.07, 6.45) is 3.60. The molecule has 1 amide bonds. The van der Waals surface area contributed by atoms with E-state index in [-0.39, 0.29) is 25.3 Å². The van der Waals surface area contributed by atoms with Gasteiger partial charge in [0.1, 0.15) is 29.5 Å². The standard InChI is InChI=1S/C35H46N6O7/c1-25(26-5-6-28-20-30(8-7-27(28)19-26)40-11-3-2-4-12-40)31(21-36)35(44)37-10-14-45-15-16-46-17-18-47-24-29-22-41(39-38-29)23-33-34(43)32(42)9-13-48-33/h5-8,19-20,22,32-34,42-43H,2-4,9-18,23-24H2,1H3,(H,37,44)/b31-25+/t32-,33-,34+/m1/s1. The molecule has 48 heavy (non-hydrogen) atoms. The van der Waals surface area contributed by atoms with Gasteiger partial charge in [-0.05, 0) is 72.7 Å². The van der Waals surface area contributed by atoms with Crippen LogP contribution in [0.15, 0.2) is 48.2 Å². The van der Waals surface area contributed by atoms with E-state index < -0.39 is 24.2 Å². The Morgan fingerprint density at radius 3 is 2.54 bits per heavy atom. The summed E-state index contributed by atoms with van der Waals surface area (Å²) in [5, 5.41) is 42.7. The van der Waals surface area contributed by atoms with Crippen LogP contribution in [0.5, 0.6) is 0 Å². The highest BCUT2D eigenvalue weighted by molar-refractivity contribution is 6.05. The molecule has 2 aliphatic rings.